The molecule has 2 aromatic heterocycles. The van der Waals surface area contributed by atoms with Crippen molar-refractivity contribution in [1.29, 1.82) is 0 Å². The van der Waals surface area contributed by atoms with Crippen LogP contribution in [0.15, 0.2) is 49.2 Å². The van der Waals surface area contributed by atoms with Crippen molar-refractivity contribution < 1.29 is 9.84 Å². The summed E-state index contributed by atoms with van der Waals surface area (Å²) < 4.78 is 7.19. The van der Waals surface area contributed by atoms with Crippen LogP contribution in [-0.4, -0.2) is 46.1 Å². The molecule has 0 fully saturated rings. The number of aliphatic hydroxyl groups excluding tert-OH is 1. The number of aryl methyl sites for hydroxylation is 1. The van der Waals surface area contributed by atoms with E-state index in [2.05, 4.69) is 29.1 Å². The van der Waals surface area contributed by atoms with E-state index in [-0.39, 0.29) is 6.61 Å². The highest BCUT2D eigenvalue weighted by Gasteiger charge is 2.16. The molecule has 0 radical (unpaired) electrons. The monoisotopic (exact) mass is 352 g/mol. The number of anilines is 1. The SMILES string of the molecule is C=CCc1c(C)nc2c(-c3ccccc3)cnn2c1NCCOCCO. The van der Waals surface area contributed by atoms with Crippen LogP contribution in [0.4, 0.5) is 5.82 Å². The molecule has 136 valence electrons. The summed E-state index contributed by atoms with van der Waals surface area (Å²) in [5, 5.41) is 16.8. The van der Waals surface area contributed by atoms with Gasteiger partial charge in [0.05, 0.1) is 26.0 Å². The Balaban J connectivity index is 2.00. The molecule has 0 aliphatic rings. The molecule has 0 saturated heterocycles. The second-order valence-electron chi connectivity index (χ2n) is 5.94. The minimum atomic E-state index is 0.0277. The number of aromatic nitrogens is 3. The Morgan fingerprint density at radius 3 is 2.81 bits per heavy atom. The second kappa shape index (κ2) is 8.60. The van der Waals surface area contributed by atoms with Gasteiger partial charge in [-0.3, -0.25) is 0 Å². The molecule has 2 N–H and O–H groups in total. The highest BCUT2D eigenvalue weighted by Crippen LogP contribution is 2.28. The van der Waals surface area contributed by atoms with Crippen molar-refractivity contribution in [3.05, 3.63) is 60.4 Å². The lowest BCUT2D eigenvalue weighted by molar-refractivity contribution is 0.0991. The fourth-order valence-corrected chi connectivity index (χ4v) is 2.94. The summed E-state index contributed by atoms with van der Waals surface area (Å²) in [6.45, 7) is 7.35. The van der Waals surface area contributed by atoms with Gasteiger partial charge in [0.25, 0.3) is 0 Å². The predicted octanol–water partition coefficient (Wildman–Crippen LogP) is 2.85. The molecule has 1 aromatic carbocycles. The van der Waals surface area contributed by atoms with Gasteiger partial charge in [-0.05, 0) is 18.9 Å². The summed E-state index contributed by atoms with van der Waals surface area (Å²) in [5.74, 6) is 0.905. The number of nitrogens with zero attached hydrogens (tertiary/aromatic N) is 3. The standard InChI is InChI=1S/C20H24N4O2/c1-3-7-17-15(2)23-20-18(16-8-5-4-6-9-16)14-22-24(20)19(17)21-10-12-26-13-11-25/h3-6,8-9,14,21,25H,1,7,10-13H2,2H3. The van der Waals surface area contributed by atoms with Gasteiger partial charge in [-0.15, -0.1) is 6.58 Å². The quantitative estimate of drug-likeness (QED) is 0.458. The van der Waals surface area contributed by atoms with Crippen LogP contribution in [0.1, 0.15) is 11.3 Å². The molecule has 26 heavy (non-hydrogen) atoms. The number of rotatable bonds is 9. The van der Waals surface area contributed by atoms with Gasteiger partial charge in [0.2, 0.25) is 0 Å². The van der Waals surface area contributed by atoms with Crippen molar-refractivity contribution in [1.82, 2.24) is 14.6 Å². The first kappa shape index (κ1) is 18.1. The third kappa shape index (κ3) is 3.76. The van der Waals surface area contributed by atoms with E-state index in [1.54, 1.807) is 0 Å². The predicted molar refractivity (Wildman–Crippen MR) is 103 cm³/mol. The lowest BCUT2D eigenvalue weighted by Crippen LogP contribution is -2.16. The molecule has 0 unspecified atom stereocenters. The summed E-state index contributed by atoms with van der Waals surface area (Å²) in [6, 6.07) is 10.1. The van der Waals surface area contributed by atoms with Gasteiger partial charge in [-0.25, -0.2) is 4.98 Å². The fraction of sp³-hybridized carbons (Fsp3) is 0.300. The van der Waals surface area contributed by atoms with Gasteiger partial charge in [-0.2, -0.15) is 9.61 Å². The van der Waals surface area contributed by atoms with E-state index < -0.39 is 0 Å². The van der Waals surface area contributed by atoms with Gasteiger partial charge in [0.15, 0.2) is 5.65 Å². The zero-order valence-electron chi connectivity index (χ0n) is 15.0. The number of nitrogens with one attached hydrogen (secondary N) is 1. The zero-order chi connectivity index (χ0) is 18.4. The Morgan fingerprint density at radius 2 is 2.08 bits per heavy atom. The molecule has 0 atom stereocenters. The normalized spacial score (nSPS) is 11.0. The summed E-state index contributed by atoms with van der Waals surface area (Å²) in [6.07, 6.45) is 4.42. The first-order chi connectivity index (χ1) is 12.8. The minimum absolute atomic E-state index is 0.0277. The number of ether oxygens (including phenoxy) is 1. The fourth-order valence-electron chi connectivity index (χ4n) is 2.94. The average molecular weight is 352 g/mol. The Kier molecular flexibility index (Phi) is 5.99. The third-order valence-corrected chi connectivity index (χ3v) is 4.16. The molecule has 3 aromatic rings. The van der Waals surface area contributed by atoms with Crippen molar-refractivity contribution in [3.8, 4) is 11.1 Å². The molecular weight excluding hydrogens is 328 g/mol. The van der Waals surface area contributed by atoms with Gasteiger partial charge in [0, 0.05) is 23.4 Å². The minimum Gasteiger partial charge on any atom is -0.394 e. The molecular formula is C20H24N4O2. The molecule has 6 nitrogen and oxygen atoms in total. The Hall–Kier alpha value is -2.70. The van der Waals surface area contributed by atoms with Gasteiger partial charge in [0.1, 0.15) is 5.82 Å². The van der Waals surface area contributed by atoms with Gasteiger partial charge in [-0.1, -0.05) is 36.4 Å². The molecule has 0 bridgehead atoms. The van der Waals surface area contributed by atoms with E-state index in [9.17, 15) is 0 Å². The van der Waals surface area contributed by atoms with Crippen molar-refractivity contribution in [2.75, 3.05) is 31.7 Å². The van der Waals surface area contributed by atoms with E-state index >= 15 is 0 Å². The summed E-state index contributed by atoms with van der Waals surface area (Å²) in [7, 11) is 0. The molecule has 0 saturated carbocycles. The Bertz CT molecular complexity index is 874. The van der Waals surface area contributed by atoms with Crippen LogP contribution in [-0.2, 0) is 11.2 Å². The van der Waals surface area contributed by atoms with Gasteiger partial charge >= 0.3 is 0 Å². The van der Waals surface area contributed by atoms with Crippen LogP contribution in [0.3, 0.4) is 0 Å². The maximum absolute atomic E-state index is 8.81. The first-order valence-electron chi connectivity index (χ1n) is 8.72. The van der Waals surface area contributed by atoms with Crippen LogP contribution in [0.25, 0.3) is 16.8 Å². The number of allylic oxidation sites excluding steroid dienone is 1. The van der Waals surface area contributed by atoms with Crippen molar-refractivity contribution >= 4 is 11.5 Å². The third-order valence-electron chi connectivity index (χ3n) is 4.16. The number of fused-ring (bicyclic) bond motifs is 1. The van der Waals surface area contributed by atoms with E-state index in [1.807, 2.05) is 41.9 Å². The number of aliphatic hydroxyl groups is 1. The van der Waals surface area contributed by atoms with E-state index in [4.69, 9.17) is 14.8 Å². The first-order valence-corrected chi connectivity index (χ1v) is 8.72. The Morgan fingerprint density at radius 1 is 1.27 bits per heavy atom. The van der Waals surface area contributed by atoms with Crippen LogP contribution in [0.5, 0.6) is 0 Å². The Labute approximate surface area is 153 Å². The molecule has 0 amide bonds. The number of hydrogen-bond donors (Lipinski definition) is 2. The summed E-state index contributed by atoms with van der Waals surface area (Å²) in [5.41, 5.74) is 4.92. The highest BCUT2D eigenvalue weighted by molar-refractivity contribution is 5.78. The van der Waals surface area contributed by atoms with Gasteiger partial charge < -0.3 is 15.2 Å². The van der Waals surface area contributed by atoms with E-state index in [0.717, 1.165) is 33.8 Å². The molecule has 0 spiro atoms. The maximum Gasteiger partial charge on any atom is 0.165 e. The van der Waals surface area contributed by atoms with Crippen molar-refractivity contribution in [3.63, 3.8) is 0 Å². The number of hydrogen-bond acceptors (Lipinski definition) is 5. The smallest absolute Gasteiger partial charge is 0.165 e. The number of benzene rings is 1. The van der Waals surface area contributed by atoms with Crippen LogP contribution in [0, 0.1) is 6.92 Å². The zero-order valence-corrected chi connectivity index (χ0v) is 15.0. The molecule has 2 heterocycles. The molecule has 3 rings (SSSR count). The largest absolute Gasteiger partial charge is 0.394 e. The van der Waals surface area contributed by atoms with Crippen LogP contribution in [0.2, 0.25) is 0 Å². The second-order valence-corrected chi connectivity index (χ2v) is 5.94. The van der Waals surface area contributed by atoms with Crippen LogP contribution >= 0.6 is 0 Å². The summed E-state index contributed by atoms with van der Waals surface area (Å²) in [4.78, 5) is 4.80. The van der Waals surface area contributed by atoms with Crippen LogP contribution < -0.4 is 5.32 Å². The molecule has 0 aliphatic carbocycles. The highest BCUT2D eigenvalue weighted by atomic mass is 16.5. The average Bonchev–Trinajstić information content (AvgIpc) is 3.08. The maximum atomic E-state index is 8.81. The summed E-state index contributed by atoms with van der Waals surface area (Å²) >= 11 is 0. The lowest BCUT2D eigenvalue weighted by Gasteiger charge is -2.15. The molecule has 6 heteroatoms. The molecule has 0 aliphatic heterocycles. The topological polar surface area (TPSA) is 71.7 Å². The van der Waals surface area contributed by atoms with E-state index in [1.165, 1.54) is 0 Å². The lowest BCUT2D eigenvalue weighted by atomic mass is 10.1. The van der Waals surface area contributed by atoms with Crippen molar-refractivity contribution in [2.45, 2.75) is 13.3 Å². The van der Waals surface area contributed by atoms with Crippen molar-refractivity contribution in [2.24, 2.45) is 0 Å². The van der Waals surface area contributed by atoms with E-state index in [0.29, 0.717) is 26.2 Å².